The van der Waals surface area contributed by atoms with Crippen molar-refractivity contribution < 1.29 is 18.8 Å². The molecule has 1 aromatic rings. The lowest BCUT2D eigenvalue weighted by Gasteiger charge is -2.32. The molecule has 110 valence electrons. The molecule has 1 aromatic heterocycles. The number of hydrogen-bond donors (Lipinski definition) is 0. The molecule has 4 nitrogen and oxygen atoms in total. The minimum absolute atomic E-state index is 0.0969. The van der Waals surface area contributed by atoms with Crippen LogP contribution >= 0.6 is 11.3 Å². The third kappa shape index (κ3) is 2.98. The zero-order chi connectivity index (χ0) is 15.0. The number of carbonyl (C=O) groups is 1. The molecule has 0 aromatic carbocycles. The number of thiophene rings is 1. The van der Waals surface area contributed by atoms with E-state index in [-0.39, 0.29) is 17.0 Å². The highest BCUT2D eigenvalue weighted by molar-refractivity contribution is 7.13. The number of hydrogen-bond acceptors (Lipinski definition) is 5. The SMILES string of the molecule is COCCC(=O)c1cc(B2OC(C)(C)C(C)(C)O2)cs1. The lowest BCUT2D eigenvalue weighted by molar-refractivity contribution is 0.00578. The zero-order valence-electron chi connectivity index (χ0n) is 12.7. The fourth-order valence-corrected chi connectivity index (χ4v) is 2.80. The van der Waals surface area contributed by atoms with Crippen LogP contribution in [0.1, 0.15) is 43.8 Å². The highest BCUT2D eigenvalue weighted by Crippen LogP contribution is 2.36. The van der Waals surface area contributed by atoms with Gasteiger partial charge in [-0.15, -0.1) is 11.3 Å². The van der Waals surface area contributed by atoms with Gasteiger partial charge in [-0.3, -0.25) is 4.79 Å². The first kappa shape index (κ1) is 15.7. The zero-order valence-corrected chi connectivity index (χ0v) is 13.5. The van der Waals surface area contributed by atoms with Gasteiger partial charge in [-0.05, 0) is 44.6 Å². The molecule has 0 atom stereocenters. The van der Waals surface area contributed by atoms with Crippen LogP contribution in [-0.2, 0) is 14.0 Å². The van der Waals surface area contributed by atoms with Crippen LogP contribution in [0.15, 0.2) is 11.4 Å². The van der Waals surface area contributed by atoms with Crippen LogP contribution < -0.4 is 5.46 Å². The molecule has 2 rings (SSSR count). The number of ether oxygens (including phenoxy) is 1. The van der Waals surface area contributed by atoms with Gasteiger partial charge < -0.3 is 14.0 Å². The molecule has 0 aliphatic carbocycles. The van der Waals surface area contributed by atoms with Gasteiger partial charge in [-0.25, -0.2) is 0 Å². The van der Waals surface area contributed by atoms with Gasteiger partial charge in [0.25, 0.3) is 0 Å². The van der Waals surface area contributed by atoms with Crippen molar-refractivity contribution in [3.05, 3.63) is 16.3 Å². The van der Waals surface area contributed by atoms with Crippen LogP contribution in [0.2, 0.25) is 0 Å². The molecule has 0 N–H and O–H groups in total. The molecule has 1 fully saturated rings. The smallest absolute Gasteiger partial charge is 0.399 e. The molecule has 2 heterocycles. The normalized spacial score (nSPS) is 20.4. The molecule has 0 radical (unpaired) electrons. The second kappa shape index (κ2) is 5.60. The van der Waals surface area contributed by atoms with Crippen LogP contribution in [-0.4, -0.2) is 37.8 Å². The number of methoxy groups -OCH3 is 1. The summed E-state index contributed by atoms with van der Waals surface area (Å²) in [5, 5.41) is 1.93. The van der Waals surface area contributed by atoms with Crippen LogP contribution in [0.5, 0.6) is 0 Å². The topological polar surface area (TPSA) is 44.8 Å². The van der Waals surface area contributed by atoms with Gasteiger partial charge in [0.1, 0.15) is 0 Å². The van der Waals surface area contributed by atoms with Gasteiger partial charge in [0.2, 0.25) is 0 Å². The highest BCUT2D eigenvalue weighted by atomic mass is 32.1. The lowest BCUT2D eigenvalue weighted by atomic mass is 9.81. The Morgan fingerprint density at radius 3 is 2.45 bits per heavy atom. The molecule has 0 amide bonds. The molecular formula is C14H21BO4S. The van der Waals surface area contributed by atoms with Gasteiger partial charge in [-0.1, -0.05) is 0 Å². The van der Waals surface area contributed by atoms with Crippen molar-refractivity contribution in [2.75, 3.05) is 13.7 Å². The van der Waals surface area contributed by atoms with E-state index < -0.39 is 7.12 Å². The van der Waals surface area contributed by atoms with Gasteiger partial charge in [-0.2, -0.15) is 0 Å². The van der Waals surface area contributed by atoms with Crippen LogP contribution in [0.3, 0.4) is 0 Å². The predicted molar refractivity (Wildman–Crippen MR) is 80.9 cm³/mol. The predicted octanol–water partition coefficient (Wildman–Crippen LogP) is 2.27. The molecule has 0 bridgehead atoms. The van der Waals surface area contributed by atoms with Crippen molar-refractivity contribution in [1.29, 1.82) is 0 Å². The van der Waals surface area contributed by atoms with E-state index in [1.807, 2.05) is 39.1 Å². The molecule has 20 heavy (non-hydrogen) atoms. The van der Waals surface area contributed by atoms with E-state index in [1.54, 1.807) is 7.11 Å². The Hall–Kier alpha value is -0.685. The standard InChI is InChI=1S/C14H21BO4S/c1-13(2)14(3,4)19-15(18-13)10-8-12(20-9-10)11(16)6-7-17-5/h8-9H,6-7H2,1-5H3. The first-order valence-electron chi connectivity index (χ1n) is 6.73. The summed E-state index contributed by atoms with van der Waals surface area (Å²) in [4.78, 5) is 12.7. The van der Waals surface area contributed by atoms with Crippen LogP contribution in [0.4, 0.5) is 0 Å². The third-order valence-corrected chi connectivity index (χ3v) is 4.94. The third-order valence-electron chi connectivity index (χ3n) is 3.95. The minimum atomic E-state index is -0.403. The molecule has 1 saturated heterocycles. The monoisotopic (exact) mass is 296 g/mol. The van der Waals surface area contributed by atoms with Gasteiger partial charge in [0, 0.05) is 13.5 Å². The van der Waals surface area contributed by atoms with E-state index in [1.165, 1.54) is 11.3 Å². The van der Waals surface area contributed by atoms with E-state index in [0.29, 0.717) is 13.0 Å². The van der Waals surface area contributed by atoms with Crippen LogP contribution in [0.25, 0.3) is 0 Å². The summed E-state index contributed by atoms with van der Waals surface area (Å²) in [6.07, 6.45) is 0.403. The minimum Gasteiger partial charge on any atom is -0.399 e. The Balaban J connectivity index is 2.09. The number of Topliss-reactive ketones (excluding diaryl/α,β-unsaturated/α-hetero) is 1. The summed E-state index contributed by atoms with van der Waals surface area (Å²) in [5.74, 6) is 0.0969. The average Bonchev–Trinajstić information content (AvgIpc) is 2.90. The Kier molecular flexibility index (Phi) is 4.40. The summed E-state index contributed by atoms with van der Waals surface area (Å²) < 4.78 is 16.9. The summed E-state index contributed by atoms with van der Waals surface area (Å²) in [6, 6.07) is 1.87. The van der Waals surface area contributed by atoms with Crippen molar-refractivity contribution in [2.24, 2.45) is 0 Å². The second-order valence-electron chi connectivity index (χ2n) is 6.00. The Bertz CT molecular complexity index is 479. The quantitative estimate of drug-likeness (QED) is 0.617. The molecule has 0 spiro atoms. The van der Waals surface area contributed by atoms with Crippen molar-refractivity contribution in [1.82, 2.24) is 0 Å². The Morgan fingerprint density at radius 1 is 1.30 bits per heavy atom. The highest BCUT2D eigenvalue weighted by Gasteiger charge is 2.51. The molecule has 0 unspecified atom stereocenters. The van der Waals surface area contributed by atoms with Crippen molar-refractivity contribution in [2.45, 2.75) is 45.3 Å². The molecule has 1 aliphatic rings. The van der Waals surface area contributed by atoms with Crippen molar-refractivity contribution in [3.8, 4) is 0 Å². The Labute approximate surface area is 124 Å². The molecule has 6 heteroatoms. The summed E-state index contributed by atoms with van der Waals surface area (Å²) in [5.41, 5.74) is 0.189. The summed E-state index contributed by atoms with van der Waals surface area (Å²) in [7, 11) is 1.19. The van der Waals surface area contributed by atoms with E-state index >= 15 is 0 Å². The fourth-order valence-electron chi connectivity index (χ4n) is 1.92. The fraction of sp³-hybridized carbons (Fsp3) is 0.643. The maximum Gasteiger partial charge on any atom is 0.495 e. The maximum atomic E-state index is 11.9. The van der Waals surface area contributed by atoms with E-state index in [0.717, 1.165) is 10.3 Å². The summed E-state index contributed by atoms with van der Waals surface area (Å²) >= 11 is 1.43. The molecular weight excluding hydrogens is 275 g/mol. The van der Waals surface area contributed by atoms with Gasteiger partial charge >= 0.3 is 7.12 Å². The van der Waals surface area contributed by atoms with Crippen molar-refractivity contribution >= 4 is 29.7 Å². The first-order chi connectivity index (χ1) is 9.27. The van der Waals surface area contributed by atoms with E-state index in [9.17, 15) is 4.79 Å². The van der Waals surface area contributed by atoms with Crippen molar-refractivity contribution in [3.63, 3.8) is 0 Å². The maximum absolute atomic E-state index is 11.9. The van der Waals surface area contributed by atoms with Crippen LogP contribution in [0, 0.1) is 0 Å². The molecule has 1 aliphatic heterocycles. The van der Waals surface area contributed by atoms with E-state index in [2.05, 4.69) is 0 Å². The first-order valence-corrected chi connectivity index (χ1v) is 7.61. The van der Waals surface area contributed by atoms with E-state index in [4.69, 9.17) is 14.0 Å². The Morgan fingerprint density at radius 2 is 1.90 bits per heavy atom. The largest absolute Gasteiger partial charge is 0.495 e. The average molecular weight is 296 g/mol. The van der Waals surface area contributed by atoms with Gasteiger partial charge in [0.15, 0.2) is 5.78 Å². The number of carbonyl (C=O) groups excluding carboxylic acids is 1. The lowest BCUT2D eigenvalue weighted by Crippen LogP contribution is -2.41. The molecule has 0 saturated carbocycles. The number of rotatable bonds is 5. The number of ketones is 1. The second-order valence-corrected chi connectivity index (χ2v) is 6.91. The summed E-state index contributed by atoms with van der Waals surface area (Å²) in [6.45, 7) is 8.52. The van der Waals surface area contributed by atoms with Gasteiger partial charge in [0.05, 0.1) is 22.7 Å².